The summed E-state index contributed by atoms with van der Waals surface area (Å²) in [5, 5.41) is 10.9. The first-order valence-electron chi connectivity index (χ1n) is 8.78. The van der Waals surface area contributed by atoms with Gasteiger partial charge in [-0.1, -0.05) is 12.1 Å². The van der Waals surface area contributed by atoms with Crippen LogP contribution in [0, 0.1) is 0 Å². The highest BCUT2D eigenvalue weighted by molar-refractivity contribution is 14.0. The maximum absolute atomic E-state index is 5.36. The summed E-state index contributed by atoms with van der Waals surface area (Å²) in [6, 6.07) is 7.89. The number of nitrogens with one attached hydrogen (secondary N) is 2. The first-order valence-corrected chi connectivity index (χ1v) is 8.78. The van der Waals surface area contributed by atoms with E-state index in [2.05, 4.69) is 25.7 Å². The fraction of sp³-hybridized carbons (Fsp3) is 0.500. The highest BCUT2D eigenvalue weighted by Gasteiger charge is 2.03. The number of rotatable bonds is 10. The Morgan fingerprint density at radius 2 is 2.00 bits per heavy atom. The Hall–Kier alpha value is -1.88. The van der Waals surface area contributed by atoms with E-state index in [0.29, 0.717) is 13.1 Å². The second-order valence-electron chi connectivity index (χ2n) is 5.68. The lowest BCUT2D eigenvalue weighted by atomic mass is 10.2. The van der Waals surface area contributed by atoms with Crippen LogP contribution < -0.4 is 15.4 Å². The lowest BCUT2D eigenvalue weighted by molar-refractivity contribution is 0.145. The Morgan fingerprint density at radius 1 is 1.22 bits per heavy atom. The summed E-state index contributed by atoms with van der Waals surface area (Å²) in [4.78, 5) is 8.86. The molecule has 0 fully saturated rings. The van der Waals surface area contributed by atoms with Gasteiger partial charge in [0.25, 0.3) is 0 Å². The van der Waals surface area contributed by atoms with Crippen molar-refractivity contribution in [3.8, 4) is 5.75 Å². The van der Waals surface area contributed by atoms with Gasteiger partial charge < -0.3 is 20.1 Å². The minimum atomic E-state index is 0. The molecule has 0 amide bonds. The van der Waals surface area contributed by atoms with E-state index in [-0.39, 0.29) is 24.0 Å². The zero-order valence-electron chi connectivity index (χ0n) is 16.1. The molecule has 27 heavy (non-hydrogen) atoms. The predicted octanol–water partition coefficient (Wildman–Crippen LogP) is 2.10. The van der Waals surface area contributed by atoms with E-state index in [4.69, 9.17) is 9.47 Å². The summed E-state index contributed by atoms with van der Waals surface area (Å²) >= 11 is 0. The van der Waals surface area contributed by atoms with Crippen LogP contribution in [0.1, 0.15) is 24.7 Å². The van der Waals surface area contributed by atoms with Gasteiger partial charge in [-0.15, -0.1) is 24.0 Å². The molecule has 1 aromatic heterocycles. The number of benzene rings is 1. The van der Waals surface area contributed by atoms with Crippen molar-refractivity contribution in [1.29, 1.82) is 0 Å². The van der Waals surface area contributed by atoms with Gasteiger partial charge >= 0.3 is 0 Å². The molecule has 0 aliphatic heterocycles. The molecule has 9 heteroatoms. The van der Waals surface area contributed by atoms with Crippen molar-refractivity contribution in [2.24, 2.45) is 12.0 Å². The molecule has 0 saturated heterocycles. The van der Waals surface area contributed by atoms with E-state index in [1.807, 2.05) is 38.2 Å². The number of aromatic nitrogens is 3. The van der Waals surface area contributed by atoms with Crippen LogP contribution in [0.2, 0.25) is 0 Å². The molecule has 0 aliphatic rings. The van der Waals surface area contributed by atoms with Crippen LogP contribution in [0.4, 0.5) is 0 Å². The van der Waals surface area contributed by atoms with Crippen molar-refractivity contribution in [3.05, 3.63) is 42.0 Å². The molecule has 0 unspecified atom stereocenters. The van der Waals surface area contributed by atoms with Crippen LogP contribution in [-0.2, 0) is 24.9 Å². The molecular weight excluding hydrogens is 459 g/mol. The van der Waals surface area contributed by atoms with E-state index < -0.39 is 0 Å². The first-order chi connectivity index (χ1) is 12.7. The normalized spacial score (nSPS) is 11.0. The number of hydrogen-bond acceptors (Lipinski definition) is 5. The fourth-order valence-corrected chi connectivity index (χ4v) is 2.23. The summed E-state index contributed by atoms with van der Waals surface area (Å²) < 4.78 is 12.2. The molecule has 2 N–H and O–H groups in total. The van der Waals surface area contributed by atoms with Crippen molar-refractivity contribution in [1.82, 2.24) is 25.4 Å². The monoisotopic (exact) mass is 488 g/mol. The number of methoxy groups -OCH3 is 1. The van der Waals surface area contributed by atoms with Gasteiger partial charge in [-0.3, -0.25) is 4.68 Å². The van der Waals surface area contributed by atoms with Gasteiger partial charge in [0, 0.05) is 26.8 Å². The van der Waals surface area contributed by atoms with Crippen molar-refractivity contribution in [2.75, 3.05) is 26.9 Å². The van der Waals surface area contributed by atoms with Crippen molar-refractivity contribution >= 4 is 29.9 Å². The number of halogens is 1. The van der Waals surface area contributed by atoms with Crippen LogP contribution in [-0.4, -0.2) is 47.6 Å². The van der Waals surface area contributed by atoms with Crippen LogP contribution in [0.3, 0.4) is 0 Å². The van der Waals surface area contributed by atoms with Gasteiger partial charge in [-0.2, -0.15) is 5.10 Å². The lowest BCUT2D eigenvalue weighted by Crippen LogP contribution is -2.38. The standard InChI is InChI=1S/C18H28N6O2.HI/c1-4-26-11-5-10-19-18(21-13-17-22-14-24(2)23-17)20-12-15-6-8-16(25-3)9-7-15;/h6-9,14H,4-5,10-13H2,1-3H3,(H2,19,20,21);1H. The molecule has 8 nitrogen and oxygen atoms in total. The molecule has 0 spiro atoms. The Balaban J connectivity index is 0.00000364. The molecule has 2 aromatic rings. The van der Waals surface area contributed by atoms with E-state index >= 15 is 0 Å². The van der Waals surface area contributed by atoms with Crippen LogP contribution in [0.25, 0.3) is 0 Å². The topological polar surface area (TPSA) is 85.6 Å². The van der Waals surface area contributed by atoms with Gasteiger partial charge in [0.15, 0.2) is 11.8 Å². The van der Waals surface area contributed by atoms with Gasteiger partial charge in [-0.25, -0.2) is 9.98 Å². The van der Waals surface area contributed by atoms with Gasteiger partial charge in [0.1, 0.15) is 12.1 Å². The number of nitrogens with zero attached hydrogens (tertiary/aromatic N) is 4. The maximum atomic E-state index is 5.36. The van der Waals surface area contributed by atoms with E-state index in [0.717, 1.165) is 49.3 Å². The zero-order chi connectivity index (χ0) is 18.6. The Morgan fingerprint density at radius 3 is 2.63 bits per heavy atom. The third-order valence-corrected chi connectivity index (χ3v) is 3.60. The largest absolute Gasteiger partial charge is 0.497 e. The van der Waals surface area contributed by atoms with Crippen LogP contribution in [0.5, 0.6) is 5.75 Å². The zero-order valence-corrected chi connectivity index (χ0v) is 18.5. The summed E-state index contributed by atoms with van der Waals surface area (Å²) in [5.74, 6) is 2.29. The summed E-state index contributed by atoms with van der Waals surface area (Å²) in [6.45, 7) is 5.33. The number of aryl methyl sites for hydroxylation is 1. The number of hydrogen-bond donors (Lipinski definition) is 2. The summed E-state index contributed by atoms with van der Waals surface area (Å²) in [5.41, 5.74) is 1.11. The second kappa shape index (κ2) is 13.3. The molecular formula is C18H29IN6O2. The van der Waals surface area contributed by atoms with Gasteiger partial charge in [-0.05, 0) is 31.0 Å². The van der Waals surface area contributed by atoms with E-state index in [1.54, 1.807) is 18.1 Å². The van der Waals surface area contributed by atoms with Crippen molar-refractivity contribution in [3.63, 3.8) is 0 Å². The van der Waals surface area contributed by atoms with Gasteiger partial charge in [0.2, 0.25) is 0 Å². The van der Waals surface area contributed by atoms with Crippen molar-refractivity contribution < 1.29 is 9.47 Å². The first kappa shape index (κ1) is 23.2. The molecule has 0 bridgehead atoms. The van der Waals surface area contributed by atoms with Gasteiger partial charge in [0.05, 0.1) is 20.2 Å². The minimum absolute atomic E-state index is 0. The van der Waals surface area contributed by atoms with E-state index in [1.165, 1.54) is 0 Å². The second-order valence-corrected chi connectivity index (χ2v) is 5.68. The molecule has 1 aromatic carbocycles. The maximum Gasteiger partial charge on any atom is 0.191 e. The minimum Gasteiger partial charge on any atom is -0.497 e. The smallest absolute Gasteiger partial charge is 0.191 e. The summed E-state index contributed by atoms with van der Waals surface area (Å²) in [6.07, 6.45) is 2.60. The number of ether oxygens (including phenoxy) is 2. The third-order valence-electron chi connectivity index (χ3n) is 3.60. The number of guanidine groups is 1. The third kappa shape index (κ3) is 9.05. The Kier molecular flexibility index (Phi) is 11.4. The highest BCUT2D eigenvalue weighted by Crippen LogP contribution is 2.11. The molecule has 0 radical (unpaired) electrons. The van der Waals surface area contributed by atoms with Crippen LogP contribution >= 0.6 is 24.0 Å². The average molecular weight is 488 g/mol. The Bertz CT molecular complexity index is 675. The molecule has 2 rings (SSSR count). The molecule has 1 heterocycles. The lowest BCUT2D eigenvalue weighted by Gasteiger charge is -2.12. The van der Waals surface area contributed by atoms with Crippen LogP contribution in [0.15, 0.2) is 35.6 Å². The number of aliphatic imine (C=N–C) groups is 1. The summed E-state index contributed by atoms with van der Waals surface area (Å²) in [7, 11) is 3.51. The highest BCUT2D eigenvalue weighted by atomic mass is 127. The fourth-order valence-electron chi connectivity index (χ4n) is 2.23. The SMILES string of the molecule is CCOCCCNC(=NCc1ccc(OC)cc1)NCc1ncn(C)n1.I. The predicted molar refractivity (Wildman–Crippen MR) is 117 cm³/mol. The Labute approximate surface area is 177 Å². The molecule has 0 saturated carbocycles. The van der Waals surface area contributed by atoms with E-state index in [9.17, 15) is 0 Å². The van der Waals surface area contributed by atoms with Crippen molar-refractivity contribution in [2.45, 2.75) is 26.4 Å². The molecule has 150 valence electrons. The molecule has 0 aliphatic carbocycles. The molecule has 0 atom stereocenters. The quantitative estimate of drug-likeness (QED) is 0.231. The average Bonchev–Trinajstić information content (AvgIpc) is 3.08.